The molecule has 0 aliphatic heterocycles. The first kappa shape index (κ1) is 13.9. The highest BCUT2D eigenvalue weighted by Gasteiger charge is 2.21. The first-order chi connectivity index (χ1) is 7.95. The maximum Gasteiger partial charge on any atom is 0.307 e. The molecule has 0 heterocycles. The number of rotatable bonds is 5. The van der Waals surface area contributed by atoms with E-state index in [2.05, 4.69) is 0 Å². The number of aliphatic hydroxyl groups excluding tert-OH is 3. The molecule has 17 heavy (non-hydrogen) atoms. The lowest BCUT2D eigenvalue weighted by Gasteiger charge is -2.19. The van der Waals surface area contributed by atoms with Crippen molar-refractivity contribution < 1.29 is 25.2 Å². The largest absolute Gasteiger partial charge is 0.481 e. The summed E-state index contributed by atoms with van der Waals surface area (Å²) in [7, 11) is 0. The molecule has 94 valence electrons. The van der Waals surface area contributed by atoms with Crippen LogP contribution >= 0.6 is 11.6 Å². The Morgan fingerprint density at radius 1 is 1.35 bits per heavy atom. The van der Waals surface area contributed by atoms with Crippen LogP contribution in [-0.4, -0.2) is 39.1 Å². The van der Waals surface area contributed by atoms with Crippen LogP contribution in [0, 0.1) is 0 Å². The van der Waals surface area contributed by atoms with E-state index in [-0.39, 0.29) is 12.0 Å². The molecule has 2 atom stereocenters. The van der Waals surface area contributed by atoms with E-state index in [1.54, 1.807) is 0 Å². The van der Waals surface area contributed by atoms with Crippen molar-refractivity contribution in [3.05, 3.63) is 34.3 Å². The van der Waals surface area contributed by atoms with Gasteiger partial charge in [0.1, 0.15) is 12.2 Å². The number of aliphatic hydroxyl groups is 3. The number of hydrogen-bond donors (Lipinski definition) is 4. The monoisotopic (exact) mass is 260 g/mol. The normalized spacial score (nSPS) is 14.4. The maximum absolute atomic E-state index is 10.6. The molecule has 5 nitrogen and oxygen atoms in total. The highest BCUT2D eigenvalue weighted by Crippen LogP contribution is 2.25. The second-order valence-electron chi connectivity index (χ2n) is 3.61. The van der Waals surface area contributed by atoms with Crippen LogP contribution in [0.15, 0.2) is 18.2 Å². The summed E-state index contributed by atoms with van der Waals surface area (Å²) in [6.45, 7) is -0.625. The summed E-state index contributed by atoms with van der Waals surface area (Å²) < 4.78 is 0. The van der Waals surface area contributed by atoms with Crippen LogP contribution in [0.25, 0.3) is 0 Å². The summed E-state index contributed by atoms with van der Waals surface area (Å²) in [6.07, 6.45) is -3.03. The summed E-state index contributed by atoms with van der Waals surface area (Å²) in [6, 6.07) is 4.35. The minimum atomic E-state index is -1.37. The summed E-state index contributed by atoms with van der Waals surface area (Å²) in [5.74, 6) is -1.06. The van der Waals surface area contributed by atoms with Crippen molar-refractivity contribution >= 4 is 17.6 Å². The first-order valence-electron chi connectivity index (χ1n) is 4.92. The fourth-order valence-corrected chi connectivity index (χ4v) is 1.65. The molecule has 6 heteroatoms. The van der Waals surface area contributed by atoms with E-state index < -0.39 is 24.8 Å². The third kappa shape index (κ3) is 3.67. The predicted molar refractivity (Wildman–Crippen MR) is 60.8 cm³/mol. The Labute approximate surface area is 103 Å². The van der Waals surface area contributed by atoms with Gasteiger partial charge in [-0.05, 0) is 23.3 Å². The molecule has 2 unspecified atom stereocenters. The molecule has 4 N–H and O–H groups in total. The molecule has 0 aliphatic carbocycles. The first-order valence-corrected chi connectivity index (χ1v) is 5.30. The van der Waals surface area contributed by atoms with E-state index in [1.165, 1.54) is 18.2 Å². The van der Waals surface area contributed by atoms with Gasteiger partial charge in [-0.3, -0.25) is 4.79 Å². The van der Waals surface area contributed by atoms with Crippen LogP contribution in [0.2, 0.25) is 5.02 Å². The van der Waals surface area contributed by atoms with Gasteiger partial charge in [-0.1, -0.05) is 17.7 Å². The zero-order valence-electron chi connectivity index (χ0n) is 8.88. The van der Waals surface area contributed by atoms with Crippen molar-refractivity contribution in [3.8, 4) is 0 Å². The van der Waals surface area contributed by atoms with E-state index in [1.807, 2.05) is 0 Å². The molecule has 0 saturated heterocycles. The Kier molecular flexibility index (Phi) is 4.89. The number of carbonyl (C=O) groups is 1. The molecule has 0 spiro atoms. The van der Waals surface area contributed by atoms with Crippen molar-refractivity contribution in [2.24, 2.45) is 0 Å². The summed E-state index contributed by atoms with van der Waals surface area (Å²) in [5, 5.41) is 36.9. The number of hydrogen-bond acceptors (Lipinski definition) is 4. The SMILES string of the molecule is O=C(O)Cc1ccc(Cl)cc1C(O)C(O)CO. The average Bonchev–Trinajstić information content (AvgIpc) is 2.29. The second kappa shape index (κ2) is 5.97. The lowest BCUT2D eigenvalue weighted by molar-refractivity contribution is -0.136. The minimum Gasteiger partial charge on any atom is -0.481 e. The molecule has 1 aromatic rings. The Hall–Kier alpha value is -1.14. The van der Waals surface area contributed by atoms with Gasteiger partial charge in [0.2, 0.25) is 0 Å². The molecule has 0 bridgehead atoms. The van der Waals surface area contributed by atoms with E-state index >= 15 is 0 Å². The zero-order valence-corrected chi connectivity index (χ0v) is 9.63. The van der Waals surface area contributed by atoms with E-state index in [0.29, 0.717) is 10.6 Å². The molecule has 0 amide bonds. The molecular formula is C11H13ClO5. The number of aliphatic carboxylic acids is 1. The third-order valence-corrected chi connectivity index (χ3v) is 2.55. The third-order valence-electron chi connectivity index (χ3n) is 2.32. The standard InChI is InChI=1S/C11H13ClO5/c12-7-2-1-6(3-10(15)16)8(4-7)11(17)9(14)5-13/h1-2,4,9,11,13-14,17H,3,5H2,(H,15,16). The van der Waals surface area contributed by atoms with Crippen LogP contribution in [0.1, 0.15) is 17.2 Å². The van der Waals surface area contributed by atoms with Gasteiger partial charge in [-0.25, -0.2) is 0 Å². The number of halogens is 1. The summed E-state index contributed by atoms with van der Waals surface area (Å²) in [5.41, 5.74) is 0.559. The Balaban J connectivity index is 3.10. The van der Waals surface area contributed by atoms with Gasteiger partial charge < -0.3 is 20.4 Å². The van der Waals surface area contributed by atoms with Gasteiger partial charge in [0.25, 0.3) is 0 Å². The molecule has 0 fully saturated rings. The van der Waals surface area contributed by atoms with Crippen molar-refractivity contribution in [2.45, 2.75) is 18.6 Å². The topological polar surface area (TPSA) is 98.0 Å². The quantitative estimate of drug-likeness (QED) is 0.613. The fraction of sp³-hybridized carbons (Fsp3) is 0.364. The molecular weight excluding hydrogens is 248 g/mol. The van der Waals surface area contributed by atoms with Crippen LogP contribution < -0.4 is 0 Å². The van der Waals surface area contributed by atoms with Crippen LogP contribution in [0.3, 0.4) is 0 Å². The van der Waals surface area contributed by atoms with Gasteiger partial charge in [-0.2, -0.15) is 0 Å². The van der Waals surface area contributed by atoms with Crippen LogP contribution in [-0.2, 0) is 11.2 Å². The van der Waals surface area contributed by atoms with Gasteiger partial charge in [-0.15, -0.1) is 0 Å². The number of carboxylic acids is 1. The minimum absolute atomic E-state index is 0.210. The Bertz CT molecular complexity index is 407. The summed E-state index contributed by atoms with van der Waals surface area (Å²) >= 11 is 5.74. The van der Waals surface area contributed by atoms with Gasteiger partial charge in [0, 0.05) is 5.02 Å². The fourth-order valence-electron chi connectivity index (χ4n) is 1.47. The molecule has 0 aromatic heterocycles. The maximum atomic E-state index is 10.6. The smallest absolute Gasteiger partial charge is 0.307 e. The lowest BCUT2D eigenvalue weighted by atomic mass is 9.97. The van der Waals surface area contributed by atoms with Gasteiger partial charge in [0.15, 0.2) is 0 Å². The molecule has 1 rings (SSSR count). The zero-order chi connectivity index (χ0) is 13.0. The second-order valence-corrected chi connectivity index (χ2v) is 4.04. The highest BCUT2D eigenvalue weighted by molar-refractivity contribution is 6.30. The van der Waals surface area contributed by atoms with Gasteiger partial charge in [0.05, 0.1) is 13.0 Å². The van der Waals surface area contributed by atoms with E-state index in [4.69, 9.17) is 21.8 Å². The van der Waals surface area contributed by atoms with Crippen molar-refractivity contribution in [1.29, 1.82) is 0 Å². The van der Waals surface area contributed by atoms with Gasteiger partial charge >= 0.3 is 5.97 Å². The lowest BCUT2D eigenvalue weighted by Crippen LogP contribution is -2.23. The van der Waals surface area contributed by atoms with Crippen molar-refractivity contribution in [1.82, 2.24) is 0 Å². The summed E-state index contributed by atoms with van der Waals surface area (Å²) in [4.78, 5) is 10.6. The molecule has 0 aliphatic rings. The molecule has 0 radical (unpaired) electrons. The van der Waals surface area contributed by atoms with Crippen LogP contribution in [0.4, 0.5) is 0 Å². The van der Waals surface area contributed by atoms with E-state index in [9.17, 15) is 15.0 Å². The predicted octanol–water partition coefficient (Wildman–Crippen LogP) is 0.354. The molecule has 1 aromatic carbocycles. The average molecular weight is 261 g/mol. The van der Waals surface area contributed by atoms with Crippen molar-refractivity contribution in [3.63, 3.8) is 0 Å². The van der Waals surface area contributed by atoms with E-state index in [0.717, 1.165) is 0 Å². The van der Waals surface area contributed by atoms with Crippen molar-refractivity contribution in [2.75, 3.05) is 6.61 Å². The highest BCUT2D eigenvalue weighted by atomic mass is 35.5. The van der Waals surface area contributed by atoms with Crippen LogP contribution in [0.5, 0.6) is 0 Å². The molecule has 0 saturated carbocycles. The number of carboxylic acid groups (broad SMARTS) is 1. The Morgan fingerprint density at radius 2 is 2.00 bits per heavy atom. The Morgan fingerprint density at radius 3 is 2.53 bits per heavy atom. The number of benzene rings is 1.